The topological polar surface area (TPSA) is 43.2 Å². The molecule has 1 aromatic carbocycles. The van der Waals surface area contributed by atoms with Gasteiger partial charge in [0.05, 0.1) is 24.4 Å². The van der Waals surface area contributed by atoms with Gasteiger partial charge in [-0.05, 0) is 31.4 Å². The molecule has 2 aliphatic rings. The summed E-state index contributed by atoms with van der Waals surface area (Å²) in [6.07, 6.45) is 5.63. The van der Waals surface area contributed by atoms with Gasteiger partial charge >= 0.3 is 0 Å². The molecule has 0 bridgehead atoms. The van der Waals surface area contributed by atoms with Crippen LogP contribution in [0, 0.1) is 0 Å². The lowest BCUT2D eigenvalue weighted by atomic mass is 10.1. The average molecular weight is 319 g/mol. The molecule has 0 N–H and O–H groups in total. The van der Waals surface area contributed by atoms with E-state index in [1.54, 1.807) is 6.33 Å². The summed E-state index contributed by atoms with van der Waals surface area (Å²) in [4.78, 5) is 6.88. The minimum Gasteiger partial charge on any atom is -0.375 e. The van der Waals surface area contributed by atoms with Crippen molar-refractivity contribution >= 4 is 11.6 Å². The number of rotatable bonds is 3. The van der Waals surface area contributed by atoms with E-state index in [0.717, 1.165) is 31.2 Å². The van der Waals surface area contributed by atoms with Crippen molar-refractivity contribution < 1.29 is 4.74 Å². The van der Waals surface area contributed by atoms with Crippen molar-refractivity contribution in [2.75, 3.05) is 13.2 Å². The van der Waals surface area contributed by atoms with Crippen LogP contribution in [0.2, 0.25) is 5.02 Å². The molecule has 4 rings (SSSR count). The van der Waals surface area contributed by atoms with Gasteiger partial charge in [0.2, 0.25) is 0 Å². The molecule has 1 aliphatic heterocycles. The van der Waals surface area contributed by atoms with Crippen molar-refractivity contribution in [2.45, 2.75) is 38.1 Å². The molecule has 2 unspecified atom stereocenters. The van der Waals surface area contributed by atoms with Gasteiger partial charge in [-0.15, -0.1) is 0 Å². The highest BCUT2D eigenvalue weighted by molar-refractivity contribution is 6.33. The van der Waals surface area contributed by atoms with Crippen LogP contribution < -0.4 is 0 Å². The number of benzene rings is 1. The largest absolute Gasteiger partial charge is 0.375 e. The standard InChI is InChI=1S/C16H19ClN4O/c17-13-5-2-1-4-12(13)16-18-10-19-21(16)11-20-8-9-22-15-7-3-6-14(15)20/h1-2,4-5,10,14-15H,3,6-9,11H2. The van der Waals surface area contributed by atoms with Crippen LogP contribution >= 0.6 is 11.6 Å². The Morgan fingerprint density at radius 1 is 1.27 bits per heavy atom. The molecule has 1 saturated heterocycles. The average Bonchev–Trinajstić information content (AvgIpc) is 3.17. The third kappa shape index (κ3) is 2.53. The fourth-order valence-electron chi connectivity index (χ4n) is 3.57. The molecule has 22 heavy (non-hydrogen) atoms. The van der Waals surface area contributed by atoms with Gasteiger partial charge in [-0.2, -0.15) is 5.10 Å². The number of ether oxygens (including phenoxy) is 1. The van der Waals surface area contributed by atoms with Gasteiger partial charge in [-0.1, -0.05) is 23.7 Å². The second-order valence-corrected chi connectivity index (χ2v) is 6.33. The summed E-state index contributed by atoms with van der Waals surface area (Å²) < 4.78 is 7.82. The Bertz CT molecular complexity index is 659. The zero-order valence-corrected chi connectivity index (χ0v) is 13.1. The first kappa shape index (κ1) is 14.2. The van der Waals surface area contributed by atoms with Gasteiger partial charge in [-0.3, -0.25) is 4.90 Å². The Kier molecular flexibility index (Phi) is 3.86. The minimum atomic E-state index is 0.390. The molecule has 2 heterocycles. The van der Waals surface area contributed by atoms with E-state index in [1.165, 1.54) is 19.3 Å². The van der Waals surface area contributed by atoms with E-state index in [-0.39, 0.29) is 0 Å². The molecule has 1 aromatic heterocycles. The molecule has 2 atom stereocenters. The fraction of sp³-hybridized carbons (Fsp3) is 0.500. The van der Waals surface area contributed by atoms with Gasteiger partial charge in [0.25, 0.3) is 0 Å². The Hall–Kier alpha value is -1.43. The van der Waals surface area contributed by atoms with Gasteiger partial charge in [0.15, 0.2) is 5.82 Å². The van der Waals surface area contributed by atoms with E-state index < -0.39 is 0 Å². The highest BCUT2D eigenvalue weighted by Crippen LogP contribution is 2.31. The predicted molar refractivity (Wildman–Crippen MR) is 84.6 cm³/mol. The Labute approximate surface area is 134 Å². The van der Waals surface area contributed by atoms with Gasteiger partial charge < -0.3 is 4.74 Å². The lowest BCUT2D eigenvalue weighted by Crippen LogP contribution is -2.49. The molecule has 0 amide bonds. The molecule has 1 saturated carbocycles. The Balaban J connectivity index is 1.59. The first-order valence-electron chi connectivity index (χ1n) is 7.81. The maximum Gasteiger partial charge on any atom is 0.160 e. The summed E-state index contributed by atoms with van der Waals surface area (Å²) in [5, 5.41) is 5.11. The Morgan fingerprint density at radius 3 is 3.09 bits per heavy atom. The van der Waals surface area contributed by atoms with Crippen molar-refractivity contribution in [1.82, 2.24) is 19.7 Å². The SMILES string of the molecule is Clc1ccccc1-c1ncnn1CN1CCOC2CCCC21. The monoisotopic (exact) mass is 318 g/mol. The van der Waals surface area contributed by atoms with Crippen LogP contribution in [0.15, 0.2) is 30.6 Å². The van der Waals surface area contributed by atoms with Crippen LogP contribution in [-0.2, 0) is 11.4 Å². The molecule has 2 aromatic rings. The Morgan fingerprint density at radius 2 is 2.18 bits per heavy atom. The van der Waals surface area contributed by atoms with Crippen molar-refractivity contribution in [2.24, 2.45) is 0 Å². The van der Waals surface area contributed by atoms with Crippen LogP contribution in [0.1, 0.15) is 19.3 Å². The number of morpholine rings is 1. The highest BCUT2D eigenvalue weighted by Gasteiger charge is 2.36. The maximum absolute atomic E-state index is 6.30. The van der Waals surface area contributed by atoms with Crippen molar-refractivity contribution in [1.29, 1.82) is 0 Å². The molecule has 116 valence electrons. The van der Waals surface area contributed by atoms with Gasteiger partial charge in [0.1, 0.15) is 6.33 Å². The molecule has 6 heteroatoms. The lowest BCUT2D eigenvalue weighted by molar-refractivity contribution is -0.0679. The second-order valence-electron chi connectivity index (χ2n) is 5.92. The van der Waals surface area contributed by atoms with E-state index >= 15 is 0 Å². The van der Waals surface area contributed by atoms with E-state index in [4.69, 9.17) is 16.3 Å². The quantitative estimate of drug-likeness (QED) is 0.873. The van der Waals surface area contributed by atoms with E-state index in [2.05, 4.69) is 15.0 Å². The molecular weight excluding hydrogens is 300 g/mol. The smallest absolute Gasteiger partial charge is 0.160 e. The molecule has 5 nitrogen and oxygen atoms in total. The van der Waals surface area contributed by atoms with Crippen LogP contribution in [0.3, 0.4) is 0 Å². The number of hydrogen-bond acceptors (Lipinski definition) is 4. The third-order valence-corrected chi connectivity index (χ3v) is 4.97. The summed E-state index contributed by atoms with van der Waals surface area (Å²) in [6, 6.07) is 8.29. The number of nitrogens with zero attached hydrogens (tertiary/aromatic N) is 4. The molecular formula is C16H19ClN4O. The maximum atomic E-state index is 6.30. The van der Waals surface area contributed by atoms with Gasteiger partial charge in [0, 0.05) is 18.2 Å². The number of fused-ring (bicyclic) bond motifs is 1. The van der Waals surface area contributed by atoms with Crippen molar-refractivity contribution in [3.63, 3.8) is 0 Å². The number of halogens is 1. The summed E-state index contributed by atoms with van der Waals surface area (Å²) in [6.45, 7) is 2.49. The van der Waals surface area contributed by atoms with Crippen LogP contribution in [-0.4, -0.2) is 45.0 Å². The predicted octanol–water partition coefficient (Wildman–Crippen LogP) is 2.81. The minimum absolute atomic E-state index is 0.390. The first-order chi connectivity index (χ1) is 10.8. The highest BCUT2D eigenvalue weighted by atomic mass is 35.5. The number of hydrogen-bond donors (Lipinski definition) is 0. The van der Waals surface area contributed by atoms with Crippen LogP contribution in [0.25, 0.3) is 11.4 Å². The molecule has 1 aliphatic carbocycles. The second kappa shape index (κ2) is 5.99. The number of aromatic nitrogens is 3. The normalized spacial score (nSPS) is 25.3. The van der Waals surface area contributed by atoms with Crippen molar-refractivity contribution in [3.05, 3.63) is 35.6 Å². The van der Waals surface area contributed by atoms with Gasteiger partial charge in [-0.25, -0.2) is 9.67 Å². The fourth-order valence-corrected chi connectivity index (χ4v) is 3.79. The van der Waals surface area contributed by atoms with Crippen LogP contribution in [0.4, 0.5) is 0 Å². The van der Waals surface area contributed by atoms with Crippen LogP contribution in [0.5, 0.6) is 0 Å². The summed E-state index contributed by atoms with van der Waals surface area (Å²) >= 11 is 6.30. The van der Waals surface area contributed by atoms with Crippen molar-refractivity contribution in [3.8, 4) is 11.4 Å². The van der Waals surface area contributed by atoms with E-state index in [1.807, 2.05) is 28.9 Å². The summed E-state index contributed by atoms with van der Waals surface area (Å²) in [5.41, 5.74) is 0.929. The molecule has 0 spiro atoms. The molecule has 2 fully saturated rings. The third-order valence-electron chi connectivity index (χ3n) is 4.64. The van der Waals surface area contributed by atoms with E-state index in [9.17, 15) is 0 Å². The molecule has 0 radical (unpaired) electrons. The zero-order valence-electron chi connectivity index (χ0n) is 12.4. The zero-order chi connectivity index (χ0) is 14.9. The summed E-state index contributed by atoms with van der Waals surface area (Å²) in [5.74, 6) is 0.826. The van der Waals surface area contributed by atoms with E-state index in [0.29, 0.717) is 17.2 Å². The first-order valence-corrected chi connectivity index (χ1v) is 8.19. The lowest BCUT2D eigenvalue weighted by Gasteiger charge is -2.37. The summed E-state index contributed by atoms with van der Waals surface area (Å²) in [7, 11) is 0.